The van der Waals surface area contributed by atoms with Crippen molar-refractivity contribution in [3.8, 4) is 0 Å². The van der Waals surface area contributed by atoms with Crippen molar-refractivity contribution in [3.05, 3.63) is 24.5 Å². The van der Waals surface area contributed by atoms with Crippen LogP contribution in [0.3, 0.4) is 0 Å². The second kappa shape index (κ2) is 41.0. The van der Waals surface area contributed by atoms with Crippen molar-refractivity contribution in [2.24, 2.45) is 5.73 Å². The summed E-state index contributed by atoms with van der Waals surface area (Å²) in [6, 6.07) is 0. The molecule has 0 aliphatic carbocycles. The van der Waals surface area contributed by atoms with Gasteiger partial charge in [0, 0.05) is 13.0 Å². The molecular formula is C43H84NO7P. The van der Waals surface area contributed by atoms with Crippen molar-refractivity contribution < 1.29 is 32.8 Å². The molecule has 0 fully saturated rings. The molecule has 0 spiro atoms. The maximum absolute atomic E-state index is 12.4. The molecule has 308 valence electrons. The number of hydrogen-bond acceptors (Lipinski definition) is 7. The molecule has 52 heavy (non-hydrogen) atoms. The third kappa shape index (κ3) is 40.0. The average Bonchev–Trinajstić information content (AvgIpc) is 3.14. The molecule has 0 saturated heterocycles. The molecule has 9 heteroatoms. The second-order valence-electron chi connectivity index (χ2n) is 14.6. The van der Waals surface area contributed by atoms with Crippen LogP contribution in [0.15, 0.2) is 24.5 Å². The lowest BCUT2D eigenvalue weighted by atomic mass is 10.0. The number of unbranched alkanes of at least 4 members (excludes halogenated alkanes) is 27. The molecule has 2 atom stereocenters. The second-order valence-corrected chi connectivity index (χ2v) is 16.1. The average molecular weight is 758 g/mol. The van der Waals surface area contributed by atoms with Gasteiger partial charge < -0.3 is 20.1 Å². The number of phosphoric acid groups is 1. The Kier molecular flexibility index (Phi) is 40.1. The fourth-order valence-corrected chi connectivity index (χ4v) is 6.92. The highest BCUT2D eigenvalue weighted by atomic mass is 31.2. The van der Waals surface area contributed by atoms with Gasteiger partial charge in [0.15, 0.2) is 6.10 Å². The highest BCUT2D eigenvalue weighted by Crippen LogP contribution is 2.43. The van der Waals surface area contributed by atoms with Crippen LogP contribution in [0.25, 0.3) is 0 Å². The number of carbonyl (C=O) groups excluding carboxylic acids is 1. The van der Waals surface area contributed by atoms with E-state index in [2.05, 4.69) is 26.0 Å². The number of carbonyl (C=O) groups is 1. The lowest BCUT2D eigenvalue weighted by molar-refractivity contribution is -0.147. The predicted octanol–water partition coefficient (Wildman–Crippen LogP) is 13.2. The molecule has 8 nitrogen and oxygen atoms in total. The Labute approximate surface area is 321 Å². The fraction of sp³-hybridized carbons (Fsp3) is 0.884. The lowest BCUT2D eigenvalue weighted by Crippen LogP contribution is -2.25. The van der Waals surface area contributed by atoms with E-state index in [9.17, 15) is 14.3 Å². The van der Waals surface area contributed by atoms with Gasteiger partial charge in [0.2, 0.25) is 0 Å². The molecule has 0 aliphatic rings. The van der Waals surface area contributed by atoms with Crippen LogP contribution in [0, 0.1) is 0 Å². The topological polar surface area (TPSA) is 117 Å². The molecule has 0 heterocycles. The van der Waals surface area contributed by atoms with Gasteiger partial charge in [-0.3, -0.25) is 13.8 Å². The van der Waals surface area contributed by atoms with E-state index in [4.69, 9.17) is 24.3 Å². The van der Waals surface area contributed by atoms with Crippen molar-refractivity contribution in [3.63, 3.8) is 0 Å². The number of rotatable bonds is 42. The zero-order valence-corrected chi connectivity index (χ0v) is 35.0. The molecule has 0 bridgehead atoms. The van der Waals surface area contributed by atoms with Gasteiger partial charge in [-0.15, -0.1) is 0 Å². The summed E-state index contributed by atoms with van der Waals surface area (Å²) in [6.07, 6.45) is 45.8. The molecule has 0 amide bonds. The van der Waals surface area contributed by atoms with Gasteiger partial charge in [-0.1, -0.05) is 174 Å². The number of phosphoric ester groups is 1. The Balaban J connectivity index is 4.02. The summed E-state index contributed by atoms with van der Waals surface area (Å²) in [5.41, 5.74) is 5.36. The lowest BCUT2D eigenvalue weighted by Gasteiger charge is -2.19. The van der Waals surface area contributed by atoms with Crippen LogP contribution in [-0.4, -0.2) is 43.3 Å². The Morgan fingerprint density at radius 3 is 1.42 bits per heavy atom. The van der Waals surface area contributed by atoms with Crippen LogP contribution in [0.1, 0.15) is 213 Å². The molecule has 3 N–H and O–H groups in total. The first kappa shape index (κ1) is 50.8. The van der Waals surface area contributed by atoms with Crippen LogP contribution in [0.2, 0.25) is 0 Å². The molecule has 0 rings (SSSR count). The van der Waals surface area contributed by atoms with E-state index in [1.54, 1.807) is 6.26 Å². The summed E-state index contributed by atoms with van der Waals surface area (Å²) >= 11 is 0. The van der Waals surface area contributed by atoms with E-state index in [1.165, 1.54) is 161 Å². The largest absolute Gasteiger partial charge is 0.492 e. The summed E-state index contributed by atoms with van der Waals surface area (Å²) in [5.74, 6) is -0.290. The Hall–Kier alpha value is -1.18. The van der Waals surface area contributed by atoms with E-state index >= 15 is 0 Å². The van der Waals surface area contributed by atoms with Gasteiger partial charge in [0.1, 0.15) is 6.61 Å². The molecular weight excluding hydrogens is 673 g/mol. The number of nitrogens with two attached hydrogens (primary N) is 1. The first-order valence-corrected chi connectivity index (χ1v) is 23.4. The van der Waals surface area contributed by atoms with E-state index < -0.39 is 13.9 Å². The van der Waals surface area contributed by atoms with Crippen molar-refractivity contribution in [2.45, 2.75) is 219 Å². The van der Waals surface area contributed by atoms with E-state index in [0.717, 1.165) is 32.1 Å². The molecule has 0 aromatic heterocycles. The highest BCUT2D eigenvalue weighted by molar-refractivity contribution is 7.47. The Bertz CT molecular complexity index is 853. The molecule has 1 unspecified atom stereocenters. The maximum atomic E-state index is 12.4. The van der Waals surface area contributed by atoms with E-state index in [1.807, 2.05) is 6.08 Å². The first-order valence-electron chi connectivity index (χ1n) is 21.9. The van der Waals surface area contributed by atoms with E-state index in [-0.39, 0.29) is 32.3 Å². The first-order chi connectivity index (χ1) is 25.4. The third-order valence-corrected chi connectivity index (χ3v) is 10.4. The van der Waals surface area contributed by atoms with Gasteiger partial charge in [0.05, 0.1) is 19.5 Å². The molecule has 0 saturated carbocycles. The summed E-state index contributed by atoms with van der Waals surface area (Å²) in [7, 11) is -4.26. The predicted molar refractivity (Wildman–Crippen MR) is 219 cm³/mol. The number of allylic oxidation sites excluding steroid dienone is 3. The maximum Gasteiger partial charge on any atom is 0.472 e. The third-order valence-electron chi connectivity index (χ3n) is 9.46. The summed E-state index contributed by atoms with van der Waals surface area (Å²) in [6.45, 7) is 4.23. The molecule has 0 aliphatic heterocycles. The fourth-order valence-electron chi connectivity index (χ4n) is 6.15. The van der Waals surface area contributed by atoms with Crippen LogP contribution in [-0.2, 0) is 27.9 Å². The summed E-state index contributed by atoms with van der Waals surface area (Å²) in [5, 5.41) is 0. The minimum atomic E-state index is -4.26. The van der Waals surface area contributed by atoms with Gasteiger partial charge in [-0.2, -0.15) is 0 Å². The number of esters is 1. The minimum absolute atomic E-state index is 0.0619. The Morgan fingerprint density at radius 1 is 0.577 bits per heavy atom. The van der Waals surface area contributed by atoms with Gasteiger partial charge >= 0.3 is 13.8 Å². The van der Waals surface area contributed by atoms with Crippen LogP contribution < -0.4 is 5.73 Å². The highest BCUT2D eigenvalue weighted by Gasteiger charge is 2.24. The smallest absolute Gasteiger partial charge is 0.472 e. The quantitative estimate of drug-likeness (QED) is 0.0208. The van der Waals surface area contributed by atoms with Crippen LogP contribution in [0.5, 0.6) is 0 Å². The van der Waals surface area contributed by atoms with Crippen LogP contribution >= 0.6 is 7.82 Å². The number of ether oxygens (including phenoxy) is 2. The van der Waals surface area contributed by atoms with Crippen molar-refractivity contribution in [2.75, 3.05) is 26.4 Å². The molecule has 0 aromatic carbocycles. The molecule has 0 radical (unpaired) electrons. The van der Waals surface area contributed by atoms with Gasteiger partial charge in [-0.25, -0.2) is 4.57 Å². The zero-order chi connectivity index (χ0) is 38.1. The monoisotopic (exact) mass is 758 g/mol. The normalized spacial score (nSPS) is 13.6. The van der Waals surface area contributed by atoms with E-state index in [0.29, 0.717) is 6.42 Å². The van der Waals surface area contributed by atoms with Crippen LogP contribution in [0.4, 0.5) is 0 Å². The van der Waals surface area contributed by atoms with Gasteiger partial charge in [-0.05, 0) is 51.0 Å². The van der Waals surface area contributed by atoms with Crippen molar-refractivity contribution in [1.82, 2.24) is 0 Å². The minimum Gasteiger partial charge on any atom is -0.492 e. The van der Waals surface area contributed by atoms with Gasteiger partial charge in [0.25, 0.3) is 0 Å². The Morgan fingerprint density at radius 2 is 0.981 bits per heavy atom. The SMILES string of the molecule is CCCCCCCCC=CCCCCCCCCCCCC(=O)OC[C@H](COP(=O)(O)OCCN)OC=CCCCCCCCCCCCCCC. The van der Waals surface area contributed by atoms with Crippen molar-refractivity contribution in [1.29, 1.82) is 0 Å². The number of hydrogen-bond donors (Lipinski definition) is 2. The molecule has 0 aromatic rings. The summed E-state index contributed by atoms with van der Waals surface area (Å²) in [4.78, 5) is 22.3. The standard InChI is InChI=1S/C43H84NO7P/c1-3-5-7-9-11-13-15-17-19-20-21-22-23-24-26-28-30-32-34-36-43(45)49-40-42(41-51-52(46,47)50-39-37-44)48-38-35-33-31-29-27-25-18-16-14-12-10-8-6-4-2/h17,19,35,38,42H,3-16,18,20-34,36-37,39-41,44H2,1-2H3,(H,46,47)/t42-/m1/s1. The van der Waals surface area contributed by atoms with Crippen molar-refractivity contribution >= 4 is 13.8 Å². The zero-order valence-electron chi connectivity index (χ0n) is 34.1. The summed E-state index contributed by atoms with van der Waals surface area (Å²) < 4.78 is 33.2.